The van der Waals surface area contributed by atoms with Gasteiger partial charge in [0.2, 0.25) is 0 Å². The van der Waals surface area contributed by atoms with Gasteiger partial charge in [-0.1, -0.05) is 0 Å². The lowest BCUT2D eigenvalue weighted by Crippen LogP contribution is -2.23. The third kappa shape index (κ3) is 1.91. The van der Waals surface area contributed by atoms with E-state index in [1.807, 2.05) is 0 Å². The number of H-pyrrole nitrogens is 1. The van der Waals surface area contributed by atoms with Gasteiger partial charge in [0.25, 0.3) is 5.78 Å². The topological polar surface area (TPSA) is 32.9 Å². The average molecular weight is 191 g/mol. The summed E-state index contributed by atoms with van der Waals surface area (Å²) in [5.41, 5.74) is 0.495. The van der Waals surface area contributed by atoms with Crippen molar-refractivity contribution in [2.75, 3.05) is 0 Å². The molecule has 1 aromatic heterocycles. The van der Waals surface area contributed by atoms with Crippen LogP contribution in [0.2, 0.25) is 0 Å². The van der Waals surface area contributed by atoms with E-state index in [2.05, 4.69) is 4.98 Å². The molecule has 0 aliphatic carbocycles. The molecule has 72 valence electrons. The van der Waals surface area contributed by atoms with Gasteiger partial charge in [0.1, 0.15) is 0 Å². The van der Waals surface area contributed by atoms with E-state index in [1.54, 1.807) is 6.92 Å². The molecule has 1 aromatic rings. The third-order valence-corrected chi connectivity index (χ3v) is 1.63. The Kier molecular flexibility index (Phi) is 2.19. The lowest BCUT2D eigenvalue weighted by Gasteiger charge is -2.03. The number of halogens is 3. The standard InChI is InChI=1S/C8H8F3NO/c1-4-3-5(2)12-6(4)7(13)8(9,10)11/h3,12H,1-2H3. The first-order chi connectivity index (χ1) is 5.82. The van der Waals surface area contributed by atoms with Crippen LogP contribution in [0.5, 0.6) is 0 Å². The van der Waals surface area contributed by atoms with Gasteiger partial charge in [-0.2, -0.15) is 13.2 Å². The summed E-state index contributed by atoms with van der Waals surface area (Å²) < 4.78 is 35.9. The Morgan fingerprint density at radius 2 is 1.92 bits per heavy atom. The molecule has 0 spiro atoms. The summed E-state index contributed by atoms with van der Waals surface area (Å²) in [7, 11) is 0. The SMILES string of the molecule is Cc1cc(C)c(C(=O)C(F)(F)F)[nH]1. The zero-order valence-electron chi connectivity index (χ0n) is 7.12. The van der Waals surface area contributed by atoms with Crippen LogP contribution in [0, 0.1) is 13.8 Å². The second-order valence-corrected chi connectivity index (χ2v) is 2.84. The number of nitrogens with one attached hydrogen (secondary N) is 1. The quantitative estimate of drug-likeness (QED) is 0.679. The number of hydrogen-bond acceptors (Lipinski definition) is 1. The monoisotopic (exact) mass is 191 g/mol. The van der Waals surface area contributed by atoms with Crippen LogP contribution in [0.25, 0.3) is 0 Å². The molecule has 5 heteroatoms. The molecule has 1 N–H and O–H groups in total. The predicted octanol–water partition coefficient (Wildman–Crippen LogP) is 2.38. The van der Waals surface area contributed by atoms with Crippen LogP contribution in [0.1, 0.15) is 21.7 Å². The first-order valence-electron chi connectivity index (χ1n) is 3.60. The normalized spacial score (nSPS) is 11.8. The largest absolute Gasteiger partial charge is 0.456 e. The van der Waals surface area contributed by atoms with Crippen LogP contribution in [0.4, 0.5) is 13.2 Å². The Hall–Kier alpha value is -1.26. The summed E-state index contributed by atoms with van der Waals surface area (Å²) in [6.07, 6.45) is -4.80. The maximum absolute atomic E-state index is 12.0. The molecule has 0 aromatic carbocycles. The van der Waals surface area contributed by atoms with Crippen molar-refractivity contribution < 1.29 is 18.0 Å². The van der Waals surface area contributed by atoms with Gasteiger partial charge in [-0.15, -0.1) is 0 Å². The number of carbonyl (C=O) groups excluding carboxylic acids is 1. The maximum atomic E-state index is 12.0. The number of Topliss-reactive ketones (excluding diaryl/α,β-unsaturated/α-hetero) is 1. The first-order valence-corrected chi connectivity index (χ1v) is 3.60. The Morgan fingerprint density at radius 3 is 2.23 bits per heavy atom. The average Bonchev–Trinajstić information content (AvgIpc) is 2.26. The number of carbonyl (C=O) groups is 1. The van der Waals surface area contributed by atoms with Crippen molar-refractivity contribution in [1.82, 2.24) is 4.98 Å². The van der Waals surface area contributed by atoms with Gasteiger partial charge in [-0.05, 0) is 25.5 Å². The highest BCUT2D eigenvalue weighted by molar-refractivity contribution is 6.00. The van der Waals surface area contributed by atoms with Crippen LogP contribution < -0.4 is 0 Å². The molecule has 0 fully saturated rings. The molecule has 13 heavy (non-hydrogen) atoms. The Balaban J connectivity index is 3.09. The highest BCUT2D eigenvalue weighted by Crippen LogP contribution is 2.23. The molecule has 0 saturated heterocycles. The molecule has 0 radical (unpaired) electrons. The Morgan fingerprint density at radius 1 is 1.38 bits per heavy atom. The molecule has 0 bridgehead atoms. The zero-order valence-corrected chi connectivity index (χ0v) is 7.12. The number of rotatable bonds is 1. The van der Waals surface area contributed by atoms with Crippen LogP contribution in [-0.4, -0.2) is 16.9 Å². The maximum Gasteiger partial charge on any atom is 0.456 e. The molecule has 0 amide bonds. The molecule has 1 heterocycles. The van der Waals surface area contributed by atoms with Gasteiger partial charge in [0.15, 0.2) is 0 Å². The van der Waals surface area contributed by atoms with E-state index in [-0.39, 0.29) is 5.69 Å². The van der Waals surface area contributed by atoms with E-state index in [9.17, 15) is 18.0 Å². The van der Waals surface area contributed by atoms with Crippen molar-refractivity contribution in [3.63, 3.8) is 0 Å². The minimum absolute atomic E-state index is 0.319. The zero-order chi connectivity index (χ0) is 10.2. The van der Waals surface area contributed by atoms with Crippen LogP contribution in [0.15, 0.2) is 6.07 Å². The summed E-state index contributed by atoms with van der Waals surface area (Å²) in [6.45, 7) is 3.06. The number of aromatic nitrogens is 1. The van der Waals surface area contributed by atoms with E-state index in [4.69, 9.17) is 0 Å². The van der Waals surface area contributed by atoms with Crippen molar-refractivity contribution in [2.45, 2.75) is 20.0 Å². The van der Waals surface area contributed by atoms with Gasteiger partial charge < -0.3 is 4.98 Å². The molecule has 1 rings (SSSR count). The van der Waals surface area contributed by atoms with Crippen molar-refractivity contribution in [1.29, 1.82) is 0 Å². The lowest BCUT2D eigenvalue weighted by molar-refractivity contribution is -0.0888. The molecule has 0 aliphatic heterocycles. The minimum atomic E-state index is -4.80. The highest BCUT2D eigenvalue weighted by atomic mass is 19.4. The van der Waals surface area contributed by atoms with Gasteiger partial charge in [-0.25, -0.2) is 0 Å². The molecule has 0 saturated carbocycles. The molecule has 0 unspecified atom stereocenters. The summed E-state index contributed by atoms with van der Waals surface area (Å²) >= 11 is 0. The fourth-order valence-electron chi connectivity index (χ4n) is 1.11. The molecule has 0 aliphatic rings. The molecular formula is C8H8F3NO. The number of alkyl halides is 3. The van der Waals surface area contributed by atoms with E-state index in [1.165, 1.54) is 13.0 Å². The van der Waals surface area contributed by atoms with E-state index >= 15 is 0 Å². The van der Waals surface area contributed by atoms with Gasteiger partial charge >= 0.3 is 6.18 Å². The minimum Gasteiger partial charge on any atom is -0.356 e. The second-order valence-electron chi connectivity index (χ2n) is 2.84. The van der Waals surface area contributed by atoms with E-state index in [0.29, 0.717) is 11.3 Å². The van der Waals surface area contributed by atoms with Gasteiger partial charge in [-0.3, -0.25) is 4.79 Å². The summed E-state index contributed by atoms with van der Waals surface area (Å²) in [5, 5.41) is 0. The third-order valence-electron chi connectivity index (χ3n) is 1.63. The molecule has 2 nitrogen and oxygen atoms in total. The summed E-state index contributed by atoms with van der Waals surface area (Å²) in [5.74, 6) is -1.82. The number of aromatic amines is 1. The summed E-state index contributed by atoms with van der Waals surface area (Å²) in [4.78, 5) is 13.1. The smallest absolute Gasteiger partial charge is 0.356 e. The highest BCUT2D eigenvalue weighted by Gasteiger charge is 2.40. The van der Waals surface area contributed by atoms with Crippen molar-refractivity contribution in [3.8, 4) is 0 Å². The fourth-order valence-corrected chi connectivity index (χ4v) is 1.11. The summed E-state index contributed by atoms with van der Waals surface area (Å²) in [6, 6.07) is 1.50. The van der Waals surface area contributed by atoms with Crippen LogP contribution in [0.3, 0.4) is 0 Å². The first kappa shape index (κ1) is 9.83. The number of hydrogen-bond donors (Lipinski definition) is 1. The van der Waals surface area contributed by atoms with Crippen LogP contribution in [-0.2, 0) is 0 Å². The molecular weight excluding hydrogens is 183 g/mol. The predicted molar refractivity (Wildman–Crippen MR) is 40.7 cm³/mol. The van der Waals surface area contributed by atoms with Crippen molar-refractivity contribution >= 4 is 5.78 Å². The second kappa shape index (κ2) is 2.90. The Bertz CT molecular complexity index is 338. The van der Waals surface area contributed by atoms with E-state index in [0.717, 1.165) is 0 Å². The Labute approximate surface area is 72.8 Å². The van der Waals surface area contributed by atoms with Gasteiger partial charge in [0, 0.05) is 5.69 Å². The number of ketones is 1. The van der Waals surface area contributed by atoms with Crippen molar-refractivity contribution in [3.05, 3.63) is 23.0 Å². The number of aryl methyl sites for hydroxylation is 2. The van der Waals surface area contributed by atoms with Crippen LogP contribution >= 0.6 is 0 Å². The van der Waals surface area contributed by atoms with Gasteiger partial charge in [0.05, 0.1) is 5.69 Å². The lowest BCUT2D eigenvalue weighted by atomic mass is 10.2. The molecule has 0 atom stereocenters. The van der Waals surface area contributed by atoms with E-state index < -0.39 is 12.0 Å². The van der Waals surface area contributed by atoms with Crippen molar-refractivity contribution in [2.24, 2.45) is 0 Å². The fraction of sp³-hybridized carbons (Fsp3) is 0.375.